The first kappa shape index (κ1) is 12.0. The van der Waals surface area contributed by atoms with E-state index in [4.69, 9.17) is 5.73 Å². The SMILES string of the molecule is Cc1ccc(NCC(C)C(N)=O)c(Br)c1. The van der Waals surface area contributed by atoms with Crippen molar-refractivity contribution in [2.75, 3.05) is 11.9 Å². The van der Waals surface area contributed by atoms with Gasteiger partial charge in [0.15, 0.2) is 0 Å². The molecular formula is C11H15BrN2O. The lowest BCUT2D eigenvalue weighted by molar-refractivity contribution is -0.120. The maximum absolute atomic E-state index is 10.8. The van der Waals surface area contributed by atoms with Gasteiger partial charge in [-0.25, -0.2) is 0 Å². The van der Waals surface area contributed by atoms with E-state index < -0.39 is 0 Å². The molecule has 1 unspecified atom stereocenters. The van der Waals surface area contributed by atoms with Crippen LogP contribution in [0.1, 0.15) is 12.5 Å². The summed E-state index contributed by atoms with van der Waals surface area (Å²) < 4.78 is 0.999. The van der Waals surface area contributed by atoms with Gasteiger partial charge in [0.1, 0.15) is 0 Å². The zero-order chi connectivity index (χ0) is 11.4. The van der Waals surface area contributed by atoms with Gasteiger partial charge in [-0.2, -0.15) is 0 Å². The summed E-state index contributed by atoms with van der Waals surface area (Å²) in [7, 11) is 0. The zero-order valence-corrected chi connectivity index (χ0v) is 10.5. The first-order chi connectivity index (χ1) is 7.00. The van der Waals surface area contributed by atoms with Crippen LogP contribution < -0.4 is 11.1 Å². The summed E-state index contributed by atoms with van der Waals surface area (Å²) >= 11 is 3.46. The highest BCUT2D eigenvalue weighted by Gasteiger charge is 2.08. The number of benzene rings is 1. The van der Waals surface area contributed by atoms with Crippen molar-refractivity contribution < 1.29 is 4.79 Å². The Kier molecular flexibility index (Phi) is 4.15. The summed E-state index contributed by atoms with van der Waals surface area (Å²) in [4.78, 5) is 10.8. The molecule has 1 amide bonds. The van der Waals surface area contributed by atoms with Gasteiger partial charge >= 0.3 is 0 Å². The molecule has 82 valence electrons. The van der Waals surface area contributed by atoms with Crippen molar-refractivity contribution >= 4 is 27.5 Å². The molecule has 3 N–H and O–H groups in total. The largest absolute Gasteiger partial charge is 0.383 e. The number of carbonyl (C=O) groups excluding carboxylic acids is 1. The van der Waals surface area contributed by atoms with Crippen molar-refractivity contribution in [1.82, 2.24) is 0 Å². The summed E-state index contributed by atoms with van der Waals surface area (Å²) in [6, 6.07) is 6.02. The molecule has 0 aliphatic rings. The third-order valence-corrected chi connectivity index (χ3v) is 2.87. The van der Waals surface area contributed by atoms with Gasteiger partial charge in [0.05, 0.1) is 5.92 Å². The van der Waals surface area contributed by atoms with Crippen molar-refractivity contribution in [3.63, 3.8) is 0 Å². The van der Waals surface area contributed by atoms with Crippen LogP contribution in [0.15, 0.2) is 22.7 Å². The van der Waals surface area contributed by atoms with Crippen LogP contribution in [0.2, 0.25) is 0 Å². The quantitative estimate of drug-likeness (QED) is 0.882. The number of halogens is 1. The predicted octanol–water partition coefficient (Wildman–Crippen LogP) is 2.29. The van der Waals surface area contributed by atoms with Gasteiger partial charge in [0.2, 0.25) is 5.91 Å². The van der Waals surface area contributed by atoms with Crippen LogP contribution in [-0.2, 0) is 4.79 Å². The second kappa shape index (κ2) is 5.16. The average molecular weight is 271 g/mol. The van der Waals surface area contributed by atoms with Crippen LogP contribution in [0.5, 0.6) is 0 Å². The first-order valence-corrected chi connectivity index (χ1v) is 5.59. The Morgan fingerprint density at radius 2 is 2.27 bits per heavy atom. The van der Waals surface area contributed by atoms with Crippen LogP contribution in [0.25, 0.3) is 0 Å². The fraction of sp³-hybridized carbons (Fsp3) is 0.364. The number of primary amides is 1. The van der Waals surface area contributed by atoms with Crippen molar-refractivity contribution in [1.29, 1.82) is 0 Å². The lowest BCUT2D eigenvalue weighted by atomic mass is 10.1. The number of amides is 1. The number of rotatable bonds is 4. The average Bonchev–Trinajstić information content (AvgIpc) is 2.15. The van der Waals surface area contributed by atoms with E-state index >= 15 is 0 Å². The molecule has 1 aromatic carbocycles. The molecule has 0 bridgehead atoms. The van der Waals surface area contributed by atoms with Crippen LogP contribution in [0, 0.1) is 12.8 Å². The second-order valence-corrected chi connectivity index (χ2v) is 4.52. The summed E-state index contributed by atoms with van der Waals surface area (Å²) in [5.74, 6) is -0.455. The molecule has 0 aliphatic heterocycles. The minimum atomic E-state index is -0.286. The van der Waals surface area contributed by atoms with Crippen LogP contribution in [-0.4, -0.2) is 12.5 Å². The van der Waals surface area contributed by atoms with Gasteiger partial charge in [-0.3, -0.25) is 4.79 Å². The second-order valence-electron chi connectivity index (χ2n) is 3.67. The highest BCUT2D eigenvalue weighted by molar-refractivity contribution is 9.10. The molecule has 0 saturated heterocycles. The van der Waals surface area contributed by atoms with Gasteiger partial charge in [-0.15, -0.1) is 0 Å². The summed E-state index contributed by atoms with van der Waals surface area (Å²) in [5, 5.41) is 3.17. The van der Waals surface area contributed by atoms with Crippen LogP contribution >= 0.6 is 15.9 Å². The summed E-state index contributed by atoms with van der Waals surface area (Å²) in [6.07, 6.45) is 0. The summed E-state index contributed by atoms with van der Waals surface area (Å²) in [6.45, 7) is 4.38. The molecule has 0 radical (unpaired) electrons. The number of hydrogen-bond donors (Lipinski definition) is 2. The van der Waals surface area contributed by atoms with Gasteiger partial charge < -0.3 is 11.1 Å². The summed E-state index contributed by atoms with van der Waals surface area (Å²) in [5.41, 5.74) is 7.34. The Morgan fingerprint density at radius 1 is 1.60 bits per heavy atom. The maximum atomic E-state index is 10.8. The van der Waals surface area contributed by atoms with E-state index in [2.05, 4.69) is 21.2 Å². The Bertz CT molecular complexity index is 366. The molecule has 0 aliphatic carbocycles. The van der Waals surface area contributed by atoms with Gasteiger partial charge in [-0.1, -0.05) is 13.0 Å². The van der Waals surface area contributed by atoms with Gasteiger partial charge in [-0.05, 0) is 40.5 Å². The smallest absolute Gasteiger partial charge is 0.222 e. The lowest BCUT2D eigenvalue weighted by Gasteiger charge is -2.12. The molecular weight excluding hydrogens is 256 g/mol. The van der Waals surface area contributed by atoms with Crippen molar-refractivity contribution in [2.24, 2.45) is 11.7 Å². The molecule has 1 aromatic rings. The van der Waals surface area contributed by atoms with Gasteiger partial charge in [0, 0.05) is 16.7 Å². The molecule has 3 nitrogen and oxygen atoms in total. The van der Waals surface area contributed by atoms with E-state index in [0.717, 1.165) is 10.2 Å². The zero-order valence-electron chi connectivity index (χ0n) is 8.88. The van der Waals surface area contributed by atoms with Crippen molar-refractivity contribution in [3.8, 4) is 0 Å². The van der Waals surface area contributed by atoms with Crippen LogP contribution in [0.4, 0.5) is 5.69 Å². The number of nitrogens with one attached hydrogen (secondary N) is 1. The fourth-order valence-electron chi connectivity index (χ4n) is 1.13. The van der Waals surface area contributed by atoms with E-state index in [0.29, 0.717) is 6.54 Å². The first-order valence-electron chi connectivity index (χ1n) is 4.80. The highest BCUT2D eigenvalue weighted by atomic mass is 79.9. The number of anilines is 1. The number of hydrogen-bond acceptors (Lipinski definition) is 2. The maximum Gasteiger partial charge on any atom is 0.222 e. The number of carbonyl (C=O) groups is 1. The lowest BCUT2D eigenvalue weighted by Crippen LogP contribution is -2.26. The molecule has 0 fully saturated rings. The third kappa shape index (κ3) is 3.55. The molecule has 0 aromatic heterocycles. The molecule has 15 heavy (non-hydrogen) atoms. The Balaban J connectivity index is 2.62. The van der Waals surface area contributed by atoms with E-state index in [-0.39, 0.29) is 11.8 Å². The van der Waals surface area contributed by atoms with E-state index in [1.165, 1.54) is 5.56 Å². The van der Waals surface area contributed by atoms with Crippen LogP contribution in [0.3, 0.4) is 0 Å². The molecule has 4 heteroatoms. The Labute approximate surface area is 98.2 Å². The minimum Gasteiger partial charge on any atom is -0.383 e. The Morgan fingerprint density at radius 3 is 2.80 bits per heavy atom. The van der Waals surface area contributed by atoms with E-state index in [1.807, 2.05) is 25.1 Å². The number of nitrogens with two attached hydrogens (primary N) is 1. The minimum absolute atomic E-state index is 0.168. The molecule has 0 saturated carbocycles. The molecule has 1 rings (SSSR count). The molecule has 0 spiro atoms. The highest BCUT2D eigenvalue weighted by Crippen LogP contribution is 2.23. The normalized spacial score (nSPS) is 12.2. The van der Waals surface area contributed by atoms with Crippen molar-refractivity contribution in [3.05, 3.63) is 28.2 Å². The molecule has 0 heterocycles. The van der Waals surface area contributed by atoms with E-state index in [1.54, 1.807) is 6.92 Å². The van der Waals surface area contributed by atoms with E-state index in [9.17, 15) is 4.79 Å². The fourth-order valence-corrected chi connectivity index (χ4v) is 1.76. The predicted molar refractivity (Wildman–Crippen MR) is 65.7 cm³/mol. The standard InChI is InChI=1S/C11H15BrN2O/c1-7-3-4-10(9(12)5-7)14-6-8(2)11(13)15/h3-5,8,14H,6H2,1-2H3,(H2,13,15). The number of aryl methyl sites for hydroxylation is 1. The molecule has 1 atom stereocenters. The third-order valence-electron chi connectivity index (χ3n) is 2.21. The topological polar surface area (TPSA) is 55.1 Å². The monoisotopic (exact) mass is 270 g/mol. The van der Waals surface area contributed by atoms with Gasteiger partial charge in [0.25, 0.3) is 0 Å². The van der Waals surface area contributed by atoms with Crippen molar-refractivity contribution in [2.45, 2.75) is 13.8 Å². The Hall–Kier alpha value is -1.03.